The zero-order chi connectivity index (χ0) is 6.69. The van der Waals surface area contributed by atoms with Crippen LogP contribution in [0.2, 0.25) is 0 Å². The van der Waals surface area contributed by atoms with Crippen molar-refractivity contribution in [3.63, 3.8) is 0 Å². The van der Waals surface area contributed by atoms with Gasteiger partial charge in [-0.2, -0.15) is 0 Å². The smallest absolute Gasteiger partial charge is 0.335 e. The summed E-state index contributed by atoms with van der Waals surface area (Å²) < 4.78 is 9.21. The predicted molar refractivity (Wildman–Crippen MR) is 30.4 cm³/mol. The van der Waals surface area contributed by atoms with Crippen LogP contribution >= 0.6 is 0 Å². The van der Waals surface area contributed by atoms with Gasteiger partial charge in [-0.1, -0.05) is 0 Å². The summed E-state index contributed by atoms with van der Waals surface area (Å²) in [6, 6.07) is 0. The Morgan fingerprint density at radius 2 is 2.56 bits per heavy atom. The Hall–Kier alpha value is -0.570. The highest BCUT2D eigenvalue weighted by Gasteiger charge is 2.23. The molecule has 0 bridgehead atoms. The molecular formula is C6H9O3. The van der Waals surface area contributed by atoms with E-state index in [-0.39, 0.29) is 12.1 Å². The van der Waals surface area contributed by atoms with Crippen molar-refractivity contribution in [3.05, 3.63) is 7.11 Å². The highest BCUT2D eigenvalue weighted by molar-refractivity contribution is 5.74. The van der Waals surface area contributed by atoms with E-state index in [9.17, 15) is 4.79 Å². The molecule has 1 radical (unpaired) electrons. The fraction of sp³-hybridized carbons (Fsp3) is 0.667. The molecule has 0 amide bonds. The number of carbonyl (C=O) groups is 1. The number of hydrogen-bond donors (Lipinski definition) is 0. The van der Waals surface area contributed by atoms with Crippen LogP contribution in [-0.4, -0.2) is 18.7 Å². The molecule has 1 atom stereocenters. The summed E-state index contributed by atoms with van der Waals surface area (Å²) in [5.74, 6) is -0.354. The Balaban J connectivity index is 2.32. The lowest BCUT2D eigenvalue weighted by atomic mass is 10.2. The van der Waals surface area contributed by atoms with Gasteiger partial charge in [0, 0.05) is 6.61 Å². The third-order valence-electron chi connectivity index (χ3n) is 1.33. The second-order valence-corrected chi connectivity index (χ2v) is 1.97. The van der Waals surface area contributed by atoms with Crippen LogP contribution < -0.4 is 0 Å². The van der Waals surface area contributed by atoms with Crippen LogP contribution in [0.5, 0.6) is 0 Å². The van der Waals surface area contributed by atoms with Crippen LogP contribution in [0.25, 0.3) is 0 Å². The van der Waals surface area contributed by atoms with E-state index < -0.39 is 0 Å². The van der Waals surface area contributed by atoms with Crippen molar-refractivity contribution in [2.24, 2.45) is 0 Å². The van der Waals surface area contributed by atoms with Gasteiger partial charge in [-0.15, -0.1) is 0 Å². The minimum Gasteiger partial charge on any atom is -0.460 e. The predicted octanol–water partition coefficient (Wildman–Crippen LogP) is 0.500. The molecule has 1 aliphatic heterocycles. The maximum absolute atomic E-state index is 10.6. The summed E-state index contributed by atoms with van der Waals surface area (Å²) in [5.41, 5.74) is 0. The minimum atomic E-state index is -0.354. The average molecular weight is 129 g/mol. The molecule has 3 heteroatoms. The van der Waals surface area contributed by atoms with Crippen molar-refractivity contribution in [2.45, 2.75) is 18.9 Å². The van der Waals surface area contributed by atoms with E-state index in [2.05, 4.69) is 11.8 Å². The Morgan fingerprint density at radius 3 is 3.00 bits per heavy atom. The van der Waals surface area contributed by atoms with Crippen LogP contribution in [0.3, 0.4) is 0 Å². The molecule has 51 valence electrons. The second-order valence-electron chi connectivity index (χ2n) is 1.97. The molecular weight excluding hydrogens is 120 g/mol. The normalized spacial score (nSPS) is 26.1. The SMILES string of the molecule is [CH2]OC(=O)C1CCCO1. The van der Waals surface area contributed by atoms with Gasteiger partial charge in [0.25, 0.3) is 0 Å². The minimum absolute atomic E-state index is 0.345. The van der Waals surface area contributed by atoms with Gasteiger partial charge in [-0.3, -0.25) is 0 Å². The molecule has 1 fully saturated rings. The van der Waals surface area contributed by atoms with Gasteiger partial charge in [0.05, 0.1) is 0 Å². The van der Waals surface area contributed by atoms with E-state index in [0.717, 1.165) is 12.8 Å². The average Bonchev–Trinajstić information content (AvgIpc) is 2.37. The zero-order valence-corrected chi connectivity index (χ0v) is 5.13. The molecule has 0 spiro atoms. The molecule has 1 aliphatic rings. The molecule has 9 heavy (non-hydrogen) atoms. The molecule has 0 saturated carbocycles. The third kappa shape index (κ3) is 1.42. The molecule has 1 saturated heterocycles. The lowest BCUT2D eigenvalue weighted by Crippen LogP contribution is -2.19. The van der Waals surface area contributed by atoms with E-state index in [1.807, 2.05) is 0 Å². The number of hydrogen-bond acceptors (Lipinski definition) is 3. The summed E-state index contributed by atoms with van der Waals surface area (Å²) in [6.07, 6.45) is 1.37. The van der Waals surface area contributed by atoms with E-state index in [0.29, 0.717) is 6.61 Å². The highest BCUT2D eigenvalue weighted by atomic mass is 16.6. The van der Waals surface area contributed by atoms with Crippen LogP contribution in [0, 0.1) is 7.11 Å². The van der Waals surface area contributed by atoms with Crippen LogP contribution in [0.1, 0.15) is 12.8 Å². The topological polar surface area (TPSA) is 35.5 Å². The van der Waals surface area contributed by atoms with Crippen LogP contribution in [0.4, 0.5) is 0 Å². The Bertz CT molecular complexity index is 105. The van der Waals surface area contributed by atoms with E-state index in [1.54, 1.807) is 0 Å². The van der Waals surface area contributed by atoms with Gasteiger partial charge in [0.15, 0.2) is 6.10 Å². The quantitative estimate of drug-likeness (QED) is 0.483. The number of esters is 1. The van der Waals surface area contributed by atoms with Crippen molar-refractivity contribution in [3.8, 4) is 0 Å². The van der Waals surface area contributed by atoms with Gasteiger partial charge in [-0.25, -0.2) is 4.79 Å². The first-order chi connectivity index (χ1) is 4.34. The molecule has 0 N–H and O–H groups in total. The monoisotopic (exact) mass is 129 g/mol. The number of carbonyl (C=O) groups excluding carboxylic acids is 1. The summed E-state index contributed by atoms with van der Waals surface area (Å²) in [6.45, 7) is 0.666. The summed E-state index contributed by atoms with van der Waals surface area (Å²) >= 11 is 0. The fourth-order valence-electron chi connectivity index (χ4n) is 0.856. The van der Waals surface area contributed by atoms with Crippen LogP contribution in [-0.2, 0) is 14.3 Å². The second kappa shape index (κ2) is 2.82. The van der Waals surface area contributed by atoms with E-state index >= 15 is 0 Å². The maximum Gasteiger partial charge on any atom is 0.335 e. The lowest BCUT2D eigenvalue weighted by molar-refractivity contribution is -0.148. The lowest BCUT2D eigenvalue weighted by Gasteiger charge is -2.03. The van der Waals surface area contributed by atoms with E-state index in [4.69, 9.17) is 4.74 Å². The Labute approximate surface area is 53.9 Å². The van der Waals surface area contributed by atoms with Crippen molar-refractivity contribution >= 4 is 5.97 Å². The summed E-state index contributed by atoms with van der Waals surface area (Å²) in [7, 11) is 3.00. The van der Waals surface area contributed by atoms with Crippen molar-refractivity contribution < 1.29 is 14.3 Å². The maximum atomic E-state index is 10.6. The van der Waals surface area contributed by atoms with Crippen molar-refractivity contribution in [2.75, 3.05) is 6.61 Å². The summed E-state index contributed by atoms with van der Waals surface area (Å²) in [4.78, 5) is 10.6. The van der Waals surface area contributed by atoms with Crippen LogP contribution in [0.15, 0.2) is 0 Å². The first-order valence-corrected chi connectivity index (χ1v) is 2.92. The Morgan fingerprint density at radius 1 is 1.78 bits per heavy atom. The molecule has 0 aromatic rings. The third-order valence-corrected chi connectivity index (χ3v) is 1.33. The zero-order valence-electron chi connectivity index (χ0n) is 5.13. The Kier molecular flexibility index (Phi) is 2.05. The summed E-state index contributed by atoms with van der Waals surface area (Å²) in [5, 5.41) is 0. The van der Waals surface area contributed by atoms with Gasteiger partial charge in [0.1, 0.15) is 7.11 Å². The molecule has 1 rings (SSSR count). The van der Waals surface area contributed by atoms with Crippen molar-refractivity contribution in [1.82, 2.24) is 0 Å². The number of ether oxygens (including phenoxy) is 2. The largest absolute Gasteiger partial charge is 0.460 e. The fourth-order valence-corrected chi connectivity index (χ4v) is 0.856. The first-order valence-electron chi connectivity index (χ1n) is 2.92. The highest BCUT2D eigenvalue weighted by Crippen LogP contribution is 2.12. The first kappa shape index (κ1) is 6.55. The molecule has 1 unspecified atom stereocenters. The van der Waals surface area contributed by atoms with Gasteiger partial charge >= 0.3 is 5.97 Å². The molecule has 1 heterocycles. The van der Waals surface area contributed by atoms with Crippen molar-refractivity contribution in [1.29, 1.82) is 0 Å². The molecule has 0 aromatic carbocycles. The molecule has 3 nitrogen and oxygen atoms in total. The molecule has 0 aliphatic carbocycles. The van der Waals surface area contributed by atoms with Gasteiger partial charge in [0.2, 0.25) is 0 Å². The number of rotatable bonds is 1. The van der Waals surface area contributed by atoms with Gasteiger partial charge < -0.3 is 9.47 Å². The standard InChI is InChI=1S/C6H9O3/c1-8-6(7)5-3-2-4-9-5/h5H,1-4H2. The molecule has 0 aromatic heterocycles. The van der Waals surface area contributed by atoms with E-state index in [1.165, 1.54) is 0 Å². The van der Waals surface area contributed by atoms with Gasteiger partial charge in [-0.05, 0) is 12.8 Å².